The van der Waals surface area contributed by atoms with Gasteiger partial charge in [0.1, 0.15) is 23.8 Å². The van der Waals surface area contributed by atoms with E-state index in [0.717, 1.165) is 5.56 Å². The summed E-state index contributed by atoms with van der Waals surface area (Å²) in [5, 5.41) is 2.53. The summed E-state index contributed by atoms with van der Waals surface area (Å²) < 4.78 is 10.6. The zero-order valence-corrected chi connectivity index (χ0v) is 17.6. The first-order chi connectivity index (χ1) is 13.5. The van der Waals surface area contributed by atoms with Crippen LogP contribution in [-0.4, -0.2) is 53.1 Å². The van der Waals surface area contributed by atoms with Crippen LogP contribution in [0.1, 0.15) is 46.1 Å². The molecular weight excluding hydrogens is 374 g/mol. The van der Waals surface area contributed by atoms with Crippen molar-refractivity contribution in [2.45, 2.75) is 64.3 Å². The number of nitrogens with one attached hydrogen (secondary N) is 1. The van der Waals surface area contributed by atoms with E-state index < -0.39 is 29.2 Å². The lowest BCUT2D eigenvalue weighted by Gasteiger charge is -2.39. The van der Waals surface area contributed by atoms with Gasteiger partial charge in [-0.3, -0.25) is 4.79 Å². The molecule has 0 spiro atoms. The van der Waals surface area contributed by atoms with Crippen LogP contribution < -0.4 is 11.1 Å². The zero-order chi connectivity index (χ0) is 21.7. The number of alkyl carbamates (subject to hydrolysis) is 1. The number of carbonyl (C=O) groups excluding carboxylic acids is 3. The molecule has 1 aliphatic rings. The van der Waals surface area contributed by atoms with Gasteiger partial charge in [0.2, 0.25) is 5.91 Å². The normalized spacial score (nSPS) is 20.5. The van der Waals surface area contributed by atoms with Crippen LogP contribution >= 0.6 is 0 Å². The average Bonchev–Trinajstić information content (AvgIpc) is 2.64. The number of nitrogens with two attached hydrogens (primary N) is 1. The Balaban J connectivity index is 1.93. The molecule has 2 amide bonds. The number of ether oxygens (including phenoxy) is 2. The molecule has 0 aliphatic carbocycles. The quantitative estimate of drug-likeness (QED) is 0.725. The Kier molecular flexibility index (Phi) is 7.24. The molecule has 8 nitrogen and oxygen atoms in total. The number of carbonyl (C=O) groups is 3. The highest BCUT2D eigenvalue weighted by atomic mass is 16.6. The Morgan fingerprint density at radius 3 is 2.52 bits per heavy atom. The van der Waals surface area contributed by atoms with E-state index in [2.05, 4.69) is 5.32 Å². The molecule has 0 aromatic heterocycles. The SMILES string of the molecule is CC(NC(=O)OC(C)(C)C)C(=O)N1CCC[C@@](N)(C(=O)OCc2ccccc2)C1. The summed E-state index contributed by atoms with van der Waals surface area (Å²) in [6.07, 6.45) is 0.330. The molecule has 1 aliphatic heterocycles. The fraction of sp³-hybridized carbons (Fsp3) is 0.571. The van der Waals surface area contributed by atoms with E-state index in [1.54, 1.807) is 27.7 Å². The molecule has 2 rings (SSSR count). The molecule has 3 N–H and O–H groups in total. The van der Waals surface area contributed by atoms with Crippen molar-refractivity contribution in [2.24, 2.45) is 5.73 Å². The van der Waals surface area contributed by atoms with E-state index in [4.69, 9.17) is 15.2 Å². The van der Waals surface area contributed by atoms with Crippen molar-refractivity contribution in [3.8, 4) is 0 Å². The minimum absolute atomic E-state index is 0.0415. The third-order valence-corrected chi connectivity index (χ3v) is 4.56. The van der Waals surface area contributed by atoms with Crippen LogP contribution in [0.25, 0.3) is 0 Å². The van der Waals surface area contributed by atoms with E-state index >= 15 is 0 Å². The van der Waals surface area contributed by atoms with Crippen molar-refractivity contribution in [2.75, 3.05) is 13.1 Å². The first kappa shape index (κ1) is 22.7. The molecule has 1 aromatic carbocycles. The van der Waals surface area contributed by atoms with Gasteiger partial charge in [-0.05, 0) is 46.1 Å². The van der Waals surface area contributed by atoms with Gasteiger partial charge in [-0.1, -0.05) is 30.3 Å². The number of likely N-dealkylation sites (tertiary alicyclic amines) is 1. The van der Waals surface area contributed by atoms with E-state index in [1.807, 2.05) is 30.3 Å². The van der Waals surface area contributed by atoms with Crippen LogP contribution in [-0.2, 0) is 25.7 Å². The number of nitrogens with zero attached hydrogens (tertiary/aromatic N) is 1. The minimum Gasteiger partial charge on any atom is -0.459 e. The molecule has 2 atom stereocenters. The van der Waals surface area contributed by atoms with E-state index in [0.29, 0.717) is 19.4 Å². The largest absolute Gasteiger partial charge is 0.459 e. The highest BCUT2D eigenvalue weighted by molar-refractivity contribution is 5.87. The second-order valence-electron chi connectivity index (χ2n) is 8.45. The fourth-order valence-electron chi connectivity index (χ4n) is 3.13. The lowest BCUT2D eigenvalue weighted by molar-refractivity contribution is -0.155. The summed E-state index contributed by atoms with van der Waals surface area (Å²) in [5.74, 6) is -0.854. The predicted molar refractivity (Wildman–Crippen MR) is 108 cm³/mol. The third kappa shape index (κ3) is 6.74. The Bertz CT molecular complexity index is 732. The number of hydrogen-bond acceptors (Lipinski definition) is 6. The van der Waals surface area contributed by atoms with Gasteiger partial charge in [0.25, 0.3) is 0 Å². The number of amides is 2. The van der Waals surface area contributed by atoms with E-state index in [1.165, 1.54) is 4.90 Å². The van der Waals surface area contributed by atoms with Gasteiger partial charge in [-0.2, -0.15) is 0 Å². The van der Waals surface area contributed by atoms with Gasteiger partial charge in [-0.25, -0.2) is 9.59 Å². The summed E-state index contributed by atoms with van der Waals surface area (Å²) >= 11 is 0. The molecule has 8 heteroatoms. The lowest BCUT2D eigenvalue weighted by atomic mass is 9.90. The Morgan fingerprint density at radius 1 is 1.24 bits per heavy atom. The molecule has 29 heavy (non-hydrogen) atoms. The molecule has 160 valence electrons. The van der Waals surface area contributed by atoms with Crippen LogP contribution in [0.3, 0.4) is 0 Å². The van der Waals surface area contributed by atoms with Crippen LogP contribution in [0, 0.1) is 0 Å². The first-order valence-electron chi connectivity index (χ1n) is 9.78. The average molecular weight is 405 g/mol. The molecule has 0 bridgehead atoms. The molecular formula is C21H31N3O5. The number of hydrogen-bond donors (Lipinski definition) is 2. The van der Waals surface area contributed by atoms with Crippen molar-refractivity contribution < 1.29 is 23.9 Å². The maximum Gasteiger partial charge on any atom is 0.408 e. The lowest BCUT2D eigenvalue weighted by Crippen LogP contribution is -2.62. The third-order valence-electron chi connectivity index (χ3n) is 4.56. The highest BCUT2D eigenvalue weighted by Crippen LogP contribution is 2.22. The highest BCUT2D eigenvalue weighted by Gasteiger charge is 2.42. The number of rotatable bonds is 5. The number of piperidine rings is 1. The van der Waals surface area contributed by atoms with Crippen molar-refractivity contribution in [1.82, 2.24) is 10.2 Å². The predicted octanol–water partition coefficient (Wildman–Crippen LogP) is 1.96. The molecule has 1 unspecified atom stereocenters. The topological polar surface area (TPSA) is 111 Å². The van der Waals surface area contributed by atoms with Crippen LogP contribution in [0.15, 0.2) is 30.3 Å². The van der Waals surface area contributed by atoms with Crippen LogP contribution in [0.5, 0.6) is 0 Å². The zero-order valence-electron chi connectivity index (χ0n) is 17.6. The van der Waals surface area contributed by atoms with Gasteiger partial charge in [-0.15, -0.1) is 0 Å². The Hall–Kier alpha value is -2.61. The first-order valence-corrected chi connectivity index (χ1v) is 9.78. The molecule has 1 fully saturated rings. The molecule has 1 aromatic rings. The van der Waals surface area contributed by atoms with Gasteiger partial charge in [0.05, 0.1) is 0 Å². The van der Waals surface area contributed by atoms with Crippen molar-refractivity contribution >= 4 is 18.0 Å². The molecule has 0 radical (unpaired) electrons. The minimum atomic E-state index is -1.27. The smallest absolute Gasteiger partial charge is 0.408 e. The van der Waals surface area contributed by atoms with E-state index in [9.17, 15) is 14.4 Å². The second-order valence-corrected chi connectivity index (χ2v) is 8.45. The molecule has 0 saturated carbocycles. The maximum absolute atomic E-state index is 12.7. The monoisotopic (exact) mass is 405 g/mol. The van der Waals surface area contributed by atoms with Crippen molar-refractivity contribution in [3.05, 3.63) is 35.9 Å². The van der Waals surface area contributed by atoms with Crippen LogP contribution in [0.2, 0.25) is 0 Å². The fourth-order valence-corrected chi connectivity index (χ4v) is 3.13. The summed E-state index contributed by atoms with van der Waals surface area (Å²) in [6, 6.07) is 8.52. The summed E-state index contributed by atoms with van der Waals surface area (Å²) in [4.78, 5) is 38.7. The summed E-state index contributed by atoms with van der Waals surface area (Å²) in [5.41, 5.74) is 5.23. The standard InChI is InChI=1S/C21H31N3O5/c1-15(23-19(27)29-20(2,3)4)17(25)24-12-8-11-21(22,14-24)18(26)28-13-16-9-6-5-7-10-16/h5-7,9-10,15H,8,11-14,22H2,1-4H3,(H,23,27)/t15?,21-/m0/s1. The summed E-state index contributed by atoms with van der Waals surface area (Å²) in [6.45, 7) is 7.44. The second kappa shape index (κ2) is 9.26. The van der Waals surface area contributed by atoms with Crippen LogP contribution in [0.4, 0.5) is 4.79 Å². The summed E-state index contributed by atoms with van der Waals surface area (Å²) in [7, 11) is 0. The Morgan fingerprint density at radius 2 is 1.90 bits per heavy atom. The molecule has 1 saturated heterocycles. The van der Waals surface area contributed by atoms with Gasteiger partial charge in [0.15, 0.2) is 0 Å². The van der Waals surface area contributed by atoms with E-state index in [-0.39, 0.29) is 19.1 Å². The maximum atomic E-state index is 12.7. The van der Waals surface area contributed by atoms with Crippen molar-refractivity contribution in [3.63, 3.8) is 0 Å². The van der Waals surface area contributed by atoms with Gasteiger partial charge >= 0.3 is 12.1 Å². The number of benzene rings is 1. The Labute approximate surface area is 171 Å². The van der Waals surface area contributed by atoms with Gasteiger partial charge < -0.3 is 25.4 Å². The van der Waals surface area contributed by atoms with Gasteiger partial charge in [0, 0.05) is 13.1 Å². The van der Waals surface area contributed by atoms with Crippen molar-refractivity contribution in [1.29, 1.82) is 0 Å². The molecule has 1 heterocycles. The number of esters is 1.